The quantitative estimate of drug-likeness (QED) is 0.826. The van der Waals surface area contributed by atoms with Crippen molar-refractivity contribution < 1.29 is 9.90 Å². The Morgan fingerprint density at radius 3 is 2.89 bits per heavy atom. The highest BCUT2D eigenvalue weighted by Crippen LogP contribution is 2.37. The van der Waals surface area contributed by atoms with Gasteiger partial charge in [-0.05, 0) is 49.8 Å². The van der Waals surface area contributed by atoms with Crippen molar-refractivity contribution in [3.63, 3.8) is 0 Å². The number of nitrogens with zero attached hydrogens (tertiary/aromatic N) is 1. The molecule has 1 amide bonds. The van der Waals surface area contributed by atoms with Gasteiger partial charge in [0, 0.05) is 18.2 Å². The molecule has 1 aliphatic carbocycles. The summed E-state index contributed by atoms with van der Waals surface area (Å²) in [6, 6.07) is 7.14. The summed E-state index contributed by atoms with van der Waals surface area (Å²) in [6.07, 6.45) is 6.06. The van der Waals surface area contributed by atoms with Gasteiger partial charge >= 0.3 is 0 Å². The summed E-state index contributed by atoms with van der Waals surface area (Å²) in [5.74, 6) is 0.961. The lowest BCUT2D eigenvalue weighted by molar-refractivity contribution is 0.0548. The first kappa shape index (κ1) is 11.6. The normalized spacial score (nSPS) is 27.0. The first-order chi connectivity index (χ1) is 8.75. The Morgan fingerprint density at radius 1 is 1.22 bits per heavy atom. The summed E-state index contributed by atoms with van der Waals surface area (Å²) in [6.45, 7) is 0.871. The minimum Gasteiger partial charge on any atom is -0.508 e. The van der Waals surface area contributed by atoms with Gasteiger partial charge in [0.25, 0.3) is 5.91 Å². The number of amides is 1. The van der Waals surface area contributed by atoms with Crippen LogP contribution in [0.5, 0.6) is 5.75 Å². The lowest BCUT2D eigenvalue weighted by Crippen LogP contribution is -2.46. The number of likely N-dealkylation sites (tertiary alicyclic amines) is 1. The van der Waals surface area contributed by atoms with Crippen LogP contribution in [-0.4, -0.2) is 28.5 Å². The predicted octanol–water partition coefficient (Wildman–Crippen LogP) is 2.80. The average molecular weight is 245 g/mol. The van der Waals surface area contributed by atoms with Crippen molar-refractivity contribution >= 4 is 5.91 Å². The van der Waals surface area contributed by atoms with E-state index in [4.69, 9.17) is 0 Å². The van der Waals surface area contributed by atoms with Gasteiger partial charge in [-0.3, -0.25) is 4.79 Å². The molecule has 0 spiro atoms. The minimum absolute atomic E-state index is 0.0856. The Hall–Kier alpha value is -1.51. The molecule has 0 aromatic heterocycles. The summed E-state index contributed by atoms with van der Waals surface area (Å²) in [5, 5.41) is 9.48. The van der Waals surface area contributed by atoms with Crippen LogP contribution in [0.4, 0.5) is 0 Å². The van der Waals surface area contributed by atoms with E-state index in [0.29, 0.717) is 17.5 Å². The van der Waals surface area contributed by atoms with Crippen molar-refractivity contribution in [2.45, 2.75) is 38.1 Å². The van der Waals surface area contributed by atoms with Crippen molar-refractivity contribution in [3.05, 3.63) is 29.8 Å². The number of hydrogen-bond donors (Lipinski definition) is 1. The molecule has 3 heteroatoms. The van der Waals surface area contributed by atoms with E-state index in [1.165, 1.54) is 19.3 Å². The van der Waals surface area contributed by atoms with Crippen LogP contribution in [0.3, 0.4) is 0 Å². The fraction of sp³-hybridized carbons (Fsp3) is 0.533. The van der Waals surface area contributed by atoms with E-state index in [9.17, 15) is 9.90 Å². The largest absolute Gasteiger partial charge is 0.508 e. The molecule has 2 atom stereocenters. The second kappa shape index (κ2) is 4.63. The molecule has 96 valence electrons. The smallest absolute Gasteiger partial charge is 0.254 e. The van der Waals surface area contributed by atoms with Crippen LogP contribution >= 0.6 is 0 Å². The molecule has 1 heterocycles. The van der Waals surface area contributed by atoms with Crippen molar-refractivity contribution in [3.8, 4) is 5.75 Å². The summed E-state index contributed by atoms with van der Waals surface area (Å²) in [5.41, 5.74) is 0.613. The lowest BCUT2D eigenvalue weighted by Gasteiger charge is -2.37. The Bertz CT molecular complexity index is 458. The zero-order chi connectivity index (χ0) is 12.5. The monoisotopic (exact) mass is 245 g/mol. The fourth-order valence-corrected chi connectivity index (χ4v) is 3.51. The van der Waals surface area contributed by atoms with E-state index in [-0.39, 0.29) is 11.7 Å². The molecule has 18 heavy (non-hydrogen) atoms. The minimum atomic E-state index is 0.0856. The maximum absolute atomic E-state index is 12.5. The third-order valence-corrected chi connectivity index (χ3v) is 4.35. The van der Waals surface area contributed by atoms with E-state index >= 15 is 0 Å². The summed E-state index contributed by atoms with van der Waals surface area (Å²) in [4.78, 5) is 14.5. The number of phenolic OH excluding ortho intramolecular Hbond substituents is 1. The Morgan fingerprint density at radius 2 is 2.06 bits per heavy atom. The molecular weight excluding hydrogens is 226 g/mol. The third kappa shape index (κ3) is 1.98. The molecule has 0 radical (unpaired) electrons. The van der Waals surface area contributed by atoms with Crippen molar-refractivity contribution in [1.29, 1.82) is 0 Å². The van der Waals surface area contributed by atoms with Crippen LogP contribution in [0.15, 0.2) is 24.3 Å². The molecule has 2 fully saturated rings. The number of benzene rings is 1. The summed E-state index contributed by atoms with van der Waals surface area (Å²) in [7, 11) is 0. The number of carbonyl (C=O) groups excluding carboxylic acids is 1. The van der Waals surface area contributed by atoms with Crippen LogP contribution in [0.1, 0.15) is 42.5 Å². The highest BCUT2D eigenvalue weighted by molar-refractivity contribution is 5.94. The van der Waals surface area contributed by atoms with Gasteiger partial charge in [0.05, 0.1) is 0 Å². The molecule has 1 saturated heterocycles. The van der Waals surface area contributed by atoms with E-state index in [2.05, 4.69) is 0 Å². The lowest BCUT2D eigenvalue weighted by atomic mass is 9.91. The summed E-state index contributed by atoms with van der Waals surface area (Å²) < 4.78 is 0. The highest BCUT2D eigenvalue weighted by Gasteiger charge is 2.37. The first-order valence-electron chi connectivity index (χ1n) is 6.86. The van der Waals surface area contributed by atoms with E-state index in [0.717, 1.165) is 19.4 Å². The molecule has 1 aromatic carbocycles. The van der Waals surface area contributed by atoms with Crippen LogP contribution in [-0.2, 0) is 0 Å². The zero-order valence-corrected chi connectivity index (χ0v) is 10.5. The number of carbonyl (C=O) groups is 1. The molecule has 1 aromatic rings. The Balaban J connectivity index is 1.83. The third-order valence-electron chi connectivity index (χ3n) is 4.35. The fourth-order valence-electron chi connectivity index (χ4n) is 3.51. The topological polar surface area (TPSA) is 40.5 Å². The standard InChI is InChI=1S/C15H19NO2/c17-13-7-1-5-12(10-13)15(18)16-9-3-6-11-4-2-8-14(11)16/h1,5,7,10-11,14,17H,2-4,6,8-9H2. The highest BCUT2D eigenvalue weighted by atomic mass is 16.3. The van der Waals surface area contributed by atoms with Crippen molar-refractivity contribution in [1.82, 2.24) is 4.90 Å². The van der Waals surface area contributed by atoms with Crippen LogP contribution in [0.2, 0.25) is 0 Å². The molecular formula is C15H19NO2. The number of hydrogen-bond acceptors (Lipinski definition) is 2. The van der Waals surface area contributed by atoms with E-state index < -0.39 is 0 Å². The van der Waals surface area contributed by atoms with Gasteiger partial charge in [-0.2, -0.15) is 0 Å². The average Bonchev–Trinajstić information content (AvgIpc) is 2.86. The number of aromatic hydroxyl groups is 1. The Kier molecular flexibility index (Phi) is 2.98. The number of piperidine rings is 1. The zero-order valence-electron chi connectivity index (χ0n) is 10.5. The number of fused-ring (bicyclic) bond motifs is 1. The van der Waals surface area contributed by atoms with Crippen molar-refractivity contribution in [2.24, 2.45) is 5.92 Å². The Labute approximate surface area is 107 Å². The van der Waals surface area contributed by atoms with Crippen molar-refractivity contribution in [2.75, 3.05) is 6.54 Å². The predicted molar refractivity (Wildman–Crippen MR) is 69.5 cm³/mol. The second-order valence-corrected chi connectivity index (χ2v) is 5.45. The van der Waals surface area contributed by atoms with Gasteiger partial charge in [-0.15, -0.1) is 0 Å². The van der Waals surface area contributed by atoms with Crippen LogP contribution in [0.25, 0.3) is 0 Å². The van der Waals surface area contributed by atoms with Gasteiger partial charge in [-0.25, -0.2) is 0 Å². The van der Waals surface area contributed by atoms with Gasteiger partial charge in [0.1, 0.15) is 5.75 Å². The molecule has 0 bridgehead atoms. The number of rotatable bonds is 1. The van der Waals surface area contributed by atoms with Gasteiger partial charge in [0.15, 0.2) is 0 Å². The maximum Gasteiger partial charge on any atom is 0.254 e. The van der Waals surface area contributed by atoms with Crippen LogP contribution < -0.4 is 0 Å². The van der Waals surface area contributed by atoms with Gasteiger partial charge in [-0.1, -0.05) is 12.5 Å². The van der Waals surface area contributed by atoms with Crippen LogP contribution in [0, 0.1) is 5.92 Å². The maximum atomic E-state index is 12.5. The van der Waals surface area contributed by atoms with Gasteiger partial charge < -0.3 is 10.0 Å². The SMILES string of the molecule is O=C(c1cccc(O)c1)N1CCCC2CCCC21. The first-order valence-corrected chi connectivity index (χ1v) is 6.86. The molecule has 3 nitrogen and oxygen atoms in total. The van der Waals surface area contributed by atoms with Gasteiger partial charge in [0.2, 0.25) is 0 Å². The van der Waals surface area contributed by atoms with E-state index in [1.54, 1.807) is 24.3 Å². The molecule has 2 aliphatic rings. The molecule has 1 aliphatic heterocycles. The molecule has 3 rings (SSSR count). The molecule has 1 saturated carbocycles. The second-order valence-electron chi connectivity index (χ2n) is 5.45. The molecule has 1 N–H and O–H groups in total. The summed E-state index contributed by atoms with van der Waals surface area (Å²) >= 11 is 0. The molecule has 2 unspecified atom stereocenters. The van der Waals surface area contributed by atoms with E-state index in [1.807, 2.05) is 4.90 Å². The number of phenols is 1.